The number of allylic oxidation sites excluding steroid dienone is 2. The van der Waals surface area contributed by atoms with Gasteiger partial charge in [0.15, 0.2) is 0 Å². The van der Waals surface area contributed by atoms with Crippen molar-refractivity contribution in [1.82, 2.24) is 0 Å². The predicted molar refractivity (Wildman–Crippen MR) is 20.9 cm³/mol. The van der Waals surface area contributed by atoms with Crippen molar-refractivity contribution in [1.29, 1.82) is 0 Å². The normalized spacial score (nSPS) is 13.0. The van der Waals surface area contributed by atoms with Gasteiger partial charge in [0.1, 0.15) is 0 Å². The fourth-order valence-corrected chi connectivity index (χ4v) is 0.174. The lowest BCUT2D eigenvalue weighted by molar-refractivity contribution is 0.201. The van der Waals surface area contributed by atoms with Crippen LogP contribution in [0.3, 0.4) is 0 Å². The molecule has 0 unspecified atom stereocenters. The van der Waals surface area contributed by atoms with Gasteiger partial charge < -0.3 is 0 Å². The van der Waals surface area contributed by atoms with Crippen LogP contribution in [0.2, 0.25) is 0 Å². The van der Waals surface area contributed by atoms with Crippen LogP contribution in [-0.4, -0.2) is 6.43 Å². The first-order valence-corrected chi connectivity index (χ1v) is 1.75. The summed E-state index contributed by atoms with van der Waals surface area (Å²) in [7, 11) is 0. The van der Waals surface area contributed by atoms with Crippen molar-refractivity contribution in [2.45, 2.75) is 13.3 Å². The van der Waals surface area contributed by atoms with Crippen LogP contribution in [-0.2, 0) is 0 Å². The van der Waals surface area contributed by atoms with Crippen molar-refractivity contribution in [2.75, 3.05) is 0 Å². The van der Waals surface area contributed by atoms with Gasteiger partial charge in [-0.2, -0.15) is 0 Å². The molecule has 0 bridgehead atoms. The number of rotatable bonds is 1. The minimum atomic E-state index is -2.66. The van der Waals surface area contributed by atoms with Gasteiger partial charge in [0, 0.05) is 6.08 Å². The SMILES string of the molecule is C/C(F)=C\C(F)F. The molecule has 0 aliphatic rings. The van der Waals surface area contributed by atoms with Crippen LogP contribution in [0.4, 0.5) is 13.2 Å². The first-order valence-electron chi connectivity index (χ1n) is 1.75. The van der Waals surface area contributed by atoms with E-state index in [1.807, 2.05) is 0 Å². The van der Waals surface area contributed by atoms with Gasteiger partial charge in [0.2, 0.25) is 0 Å². The number of alkyl halides is 2. The summed E-state index contributed by atoms with van der Waals surface area (Å²) >= 11 is 0. The zero-order chi connectivity index (χ0) is 5.86. The molecule has 0 saturated carbocycles. The summed E-state index contributed by atoms with van der Waals surface area (Å²) in [5.74, 6) is -0.838. The lowest BCUT2D eigenvalue weighted by Gasteiger charge is -1.82. The summed E-state index contributed by atoms with van der Waals surface area (Å²) < 4.78 is 33.3. The zero-order valence-electron chi connectivity index (χ0n) is 3.79. The molecule has 3 heteroatoms. The van der Waals surface area contributed by atoms with E-state index < -0.39 is 12.3 Å². The van der Waals surface area contributed by atoms with E-state index in [0.717, 1.165) is 6.92 Å². The molecule has 0 saturated heterocycles. The van der Waals surface area contributed by atoms with Crippen molar-refractivity contribution in [3.05, 3.63) is 11.9 Å². The number of hydrogen-bond acceptors (Lipinski definition) is 0. The third-order valence-corrected chi connectivity index (χ3v) is 0.356. The highest BCUT2D eigenvalue weighted by Crippen LogP contribution is 2.00. The summed E-state index contributed by atoms with van der Waals surface area (Å²) in [4.78, 5) is 0. The van der Waals surface area contributed by atoms with E-state index in [1.54, 1.807) is 0 Å². The summed E-state index contributed by atoms with van der Waals surface area (Å²) in [6, 6.07) is 0. The maximum absolute atomic E-state index is 11.3. The third kappa shape index (κ3) is 5.53. The zero-order valence-corrected chi connectivity index (χ0v) is 3.79. The molecule has 0 atom stereocenters. The Morgan fingerprint density at radius 3 is 2.00 bits per heavy atom. The molecule has 42 valence electrons. The quantitative estimate of drug-likeness (QED) is 0.485. The molecule has 0 aromatic rings. The van der Waals surface area contributed by atoms with Crippen LogP contribution >= 0.6 is 0 Å². The van der Waals surface area contributed by atoms with Gasteiger partial charge in [-0.1, -0.05) is 0 Å². The van der Waals surface area contributed by atoms with Crippen molar-refractivity contribution in [3.8, 4) is 0 Å². The van der Waals surface area contributed by atoms with Gasteiger partial charge in [0.05, 0.1) is 5.83 Å². The average molecular weight is 110 g/mol. The monoisotopic (exact) mass is 110 g/mol. The molecular weight excluding hydrogens is 105 g/mol. The van der Waals surface area contributed by atoms with E-state index in [1.165, 1.54) is 0 Å². The molecule has 0 heterocycles. The second-order valence-corrected chi connectivity index (χ2v) is 1.09. The van der Waals surface area contributed by atoms with Crippen molar-refractivity contribution >= 4 is 0 Å². The van der Waals surface area contributed by atoms with Crippen LogP contribution in [0.25, 0.3) is 0 Å². The van der Waals surface area contributed by atoms with E-state index >= 15 is 0 Å². The molecule has 0 N–H and O–H groups in total. The third-order valence-electron chi connectivity index (χ3n) is 0.356. The fourth-order valence-electron chi connectivity index (χ4n) is 0.174. The lowest BCUT2D eigenvalue weighted by Crippen LogP contribution is -1.80. The molecule has 0 aromatic carbocycles. The standard InChI is InChI=1S/C4H5F3/c1-3(5)2-4(6)7/h2,4H,1H3/b3-2+. The van der Waals surface area contributed by atoms with E-state index in [9.17, 15) is 13.2 Å². The van der Waals surface area contributed by atoms with Crippen LogP contribution in [0, 0.1) is 0 Å². The highest BCUT2D eigenvalue weighted by molar-refractivity contribution is 4.88. The van der Waals surface area contributed by atoms with E-state index in [4.69, 9.17) is 0 Å². The van der Waals surface area contributed by atoms with Crippen molar-refractivity contribution in [3.63, 3.8) is 0 Å². The van der Waals surface area contributed by atoms with Gasteiger partial charge in [-0.05, 0) is 6.92 Å². The van der Waals surface area contributed by atoms with Gasteiger partial charge in [-0.15, -0.1) is 0 Å². The summed E-state index contributed by atoms with van der Waals surface area (Å²) in [5.41, 5.74) is 0. The molecule has 0 fully saturated rings. The smallest absolute Gasteiger partial charge is 0.212 e. The molecule has 0 aliphatic heterocycles. The molecule has 0 spiro atoms. The van der Waals surface area contributed by atoms with Crippen LogP contribution in [0.5, 0.6) is 0 Å². The Labute approximate surface area is 39.6 Å². The maximum atomic E-state index is 11.3. The molecule has 0 radical (unpaired) electrons. The average Bonchev–Trinajstić information content (AvgIpc) is 1.27. The molecule has 0 rings (SSSR count). The Balaban J connectivity index is 3.45. The molecular formula is C4H5F3. The summed E-state index contributed by atoms with van der Waals surface area (Å²) in [6.45, 7) is 0.978. The molecule has 7 heavy (non-hydrogen) atoms. The fraction of sp³-hybridized carbons (Fsp3) is 0.500. The highest BCUT2D eigenvalue weighted by atomic mass is 19.3. The van der Waals surface area contributed by atoms with Gasteiger partial charge in [-0.25, -0.2) is 13.2 Å². The Kier molecular flexibility index (Phi) is 2.48. The van der Waals surface area contributed by atoms with Crippen molar-refractivity contribution < 1.29 is 13.2 Å². The Hall–Kier alpha value is -0.470. The van der Waals surface area contributed by atoms with Crippen LogP contribution < -0.4 is 0 Å². The Morgan fingerprint density at radius 1 is 1.57 bits per heavy atom. The Morgan fingerprint density at radius 2 is 2.00 bits per heavy atom. The maximum Gasteiger partial charge on any atom is 0.259 e. The number of halogens is 3. The first-order chi connectivity index (χ1) is 3.13. The van der Waals surface area contributed by atoms with Crippen LogP contribution in [0.15, 0.2) is 11.9 Å². The summed E-state index contributed by atoms with van der Waals surface area (Å²) in [6.07, 6.45) is -2.41. The minimum absolute atomic E-state index is 0.250. The molecule has 0 amide bonds. The van der Waals surface area contributed by atoms with Crippen molar-refractivity contribution in [2.24, 2.45) is 0 Å². The molecule has 0 nitrogen and oxygen atoms in total. The van der Waals surface area contributed by atoms with Crippen LogP contribution in [0.1, 0.15) is 6.92 Å². The molecule has 0 aromatic heterocycles. The minimum Gasteiger partial charge on any atom is -0.212 e. The highest BCUT2D eigenvalue weighted by Gasteiger charge is 1.94. The summed E-state index contributed by atoms with van der Waals surface area (Å²) in [5, 5.41) is 0. The van der Waals surface area contributed by atoms with Gasteiger partial charge in [-0.3, -0.25) is 0 Å². The largest absolute Gasteiger partial charge is 0.259 e. The van der Waals surface area contributed by atoms with Gasteiger partial charge in [0.25, 0.3) is 6.43 Å². The second-order valence-electron chi connectivity index (χ2n) is 1.09. The first kappa shape index (κ1) is 6.53. The van der Waals surface area contributed by atoms with E-state index in [-0.39, 0.29) is 6.08 Å². The van der Waals surface area contributed by atoms with E-state index in [0.29, 0.717) is 0 Å². The topological polar surface area (TPSA) is 0 Å². The molecule has 0 aliphatic carbocycles. The lowest BCUT2D eigenvalue weighted by atomic mass is 10.5. The Bertz CT molecular complexity index is 71.0. The second kappa shape index (κ2) is 2.66. The predicted octanol–water partition coefficient (Wildman–Crippen LogP) is 2.12. The van der Waals surface area contributed by atoms with E-state index in [2.05, 4.69) is 0 Å². The van der Waals surface area contributed by atoms with Gasteiger partial charge >= 0.3 is 0 Å². The number of hydrogen-bond donors (Lipinski definition) is 0.